The number of allylic oxidation sites excluding steroid dienone is 3. The maximum Gasteiger partial charge on any atom is 0.246 e. The third-order valence-corrected chi connectivity index (χ3v) is 4.06. The molecule has 2 fully saturated rings. The molecule has 3 nitrogen and oxygen atoms in total. The molecule has 0 aromatic rings. The monoisotopic (exact) mass is 248 g/mol. The van der Waals surface area contributed by atoms with Crippen LogP contribution in [0, 0.1) is 0 Å². The van der Waals surface area contributed by atoms with E-state index in [1.165, 1.54) is 12.8 Å². The van der Waals surface area contributed by atoms with Crippen LogP contribution in [0.3, 0.4) is 0 Å². The van der Waals surface area contributed by atoms with Gasteiger partial charge in [0.2, 0.25) is 5.91 Å². The van der Waals surface area contributed by atoms with Crippen LogP contribution in [0.5, 0.6) is 0 Å². The Labute approximate surface area is 110 Å². The zero-order valence-corrected chi connectivity index (χ0v) is 11.4. The number of hydrogen-bond donors (Lipinski definition) is 1. The molecule has 2 saturated heterocycles. The van der Waals surface area contributed by atoms with Gasteiger partial charge in [0.1, 0.15) is 0 Å². The van der Waals surface area contributed by atoms with Crippen molar-refractivity contribution in [3.05, 3.63) is 24.3 Å². The average Bonchev–Trinajstić information content (AvgIpc) is 2.70. The minimum atomic E-state index is 0.155. The zero-order chi connectivity index (χ0) is 13.0. The molecule has 2 atom stereocenters. The highest BCUT2D eigenvalue weighted by Crippen LogP contribution is 2.29. The van der Waals surface area contributed by atoms with Crippen molar-refractivity contribution in [1.29, 1.82) is 0 Å². The van der Waals surface area contributed by atoms with Gasteiger partial charge in [-0.15, -0.1) is 0 Å². The fraction of sp³-hybridized carbons (Fsp3) is 0.667. The molecule has 3 heteroatoms. The van der Waals surface area contributed by atoms with Crippen LogP contribution in [-0.2, 0) is 4.79 Å². The minimum Gasteiger partial charge on any atom is -0.336 e. The Morgan fingerprint density at radius 1 is 1.28 bits per heavy atom. The molecule has 2 heterocycles. The highest BCUT2D eigenvalue weighted by molar-refractivity contribution is 5.88. The van der Waals surface area contributed by atoms with E-state index in [2.05, 4.69) is 12.2 Å². The molecule has 0 aromatic heterocycles. The summed E-state index contributed by atoms with van der Waals surface area (Å²) >= 11 is 0. The number of piperidine rings is 1. The van der Waals surface area contributed by atoms with E-state index >= 15 is 0 Å². The van der Waals surface area contributed by atoms with E-state index in [1.54, 1.807) is 6.08 Å². The van der Waals surface area contributed by atoms with E-state index in [4.69, 9.17) is 0 Å². The molecule has 0 spiro atoms. The van der Waals surface area contributed by atoms with Crippen LogP contribution in [-0.4, -0.2) is 35.5 Å². The van der Waals surface area contributed by atoms with Gasteiger partial charge in [-0.1, -0.05) is 18.2 Å². The Morgan fingerprint density at radius 2 is 1.94 bits per heavy atom. The highest BCUT2D eigenvalue weighted by atomic mass is 16.2. The average molecular weight is 248 g/mol. The maximum absolute atomic E-state index is 12.2. The van der Waals surface area contributed by atoms with Crippen molar-refractivity contribution in [2.75, 3.05) is 6.54 Å². The fourth-order valence-electron chi connectivity index (χ4n) is 3.22. The minimum absolute atomic E-state index is 0.155. The lowest BCUT2D eigenvalue weighted by Crippen LogP contribution is -2.49. The van der Waals surface area contributed by atoms with Gasteiger partial charge >= 0.3 is 0 Å². The molecule has 1 amide bonds. The third kappa shape index (κ3) is 3.02. The first-order valence-corrected chi connectivity index (χ1v) is 7.10. The molecule has 0 radical (unpaired) electrons. The summed E-state index contributed by atoms with van der Waals surface area (Å²) in [6.45, 7) is 4.84. The number of likely N-dealkylation sites (N-methyl/N-ethyl adjacent to an activating group) is 1. The fourth-order valence-corrected chi connectivity index (χ4v) is 3.22. The van der Waals surface area contributed by atoms with Crippen molar-refractivity contribution in [2.24, 2.45) is 0 Å². The van der Waals surface area contributed by atoms with E-state index in [9.17, 15) is 4.79 Å². The molecule has 2 unspecified atom stereocenters. The van der Waals surface area contributed by atoms with Gasteiger partial charge in [-0.3, -0.25) is 4.79 Å². The lowest BCUT2D eigenvalue weighted by Gasteiger charge is -2.36. The molecular formula is C15H24N2O. The molecule has 0 aliphatic carbocycles. The molecule has 100 valence electrons. The quantitative estimate of drug-likeness (QED) is 0.611. The van der Waals surface area contributed by atoms with Crippen molar-refractivity contribution in [3.8, 4) is 0 Å². The lowest BCUT2D eigenvalue weighted by molar-refractivity contribution is -0.128. The topological polar surface area (TPSA) is 32.3 Å². The van der Waals surface area contributed by atoms with E-state index < -0.39 is 0 Å². The SMILES string of the molecule is C/C=C/C=C/C(=O)N(CC)C1CC2CCC(C1)N2. The molecule has 2 rings (SSSR count). The first-order chi connectivity index (χ1) is 8.74. The summed E-state index contributed by atoms with van der Waals surface area (Å²) in [6.07, 6.45) is 12.2. The number of nitrogens with zero attached hydrogens (tertiary/aromatic N) is 1. The number of carbonyl (C=O) groups is 1. The van der Waals surface area contributed by atoms with E-state index in [1.807, 2.05) is 30.1 Å². The lowest BCUT2D eigenvalue weighted by atomic mass is 9.98. The molecule has 1 N–H and O–H groups in total. The van der Waals surface area contributed by atoms with Crippen molar-refractivity contribution < 1.29 is 4.79 Å². The van der Waals surface area contributed by atoms with E-state index in [0.29, 0.717) is 18.1 Å². The van der Waals surface area contributed by atoms with Crippen LogP contribution < -0.4 is 5.32 Å². The number of amides is 1. The Morgan fingerprint density at radius 3 is 2.50 bits per heavy atom. The van der Waals surface area contributed by atoms with Crippen molar-refractivity contribution >= 4 is 5.91 Å². The van der Waals surface area contributed by atoms with Gasteiger partial charge < -0.3 is 10.2 Å². The Kier molecular flexibility index (Phi) is 4.59. The normalized spacial score (nSPS) is 31.3. The van der Waals surface area contributed by atoms with Gasteiger partial charge in [-0.2, -0.15) is 0 Å². The summed E-state index contributed by atoms with van der Waals surface area (Å²) in [5, 5.41) is 3.62. The summed E-state index contributed by atoms with van der Waals surface area (Å²) in [4.78, 5) is 14.2. The van der Waals surface area contributed by atoms with Gasteiger partial charge in [0, 0.05) is 30.7 Å². The standard InChI is InChI=1S/C15H24N2O/c1-3-5-6-7-15(18)17(4-2)14-10-12-8-9-13(11-14)16-12/h3,5-7,12-14,16H,4,8-11H2,1-2H3/b5-3+,7-6+. The molecule has 0 saturated carbocycles. The number of carbonyl (C=O) groups excluding carboxylic acids is 1. The van der Waals surface area contributed by atoms with Gasteiger partial charge in [0.15, 0.2) is 0 Å². The van der Waals surface area contributed by atoms with Crippen LogP contribution in [0.2, 0.25) is 0 Å². The number of hydrogen-bond acceptors (Lipinski definition) is 2. The second-order valence-corrected chi connectivity index (χ2v) is 5.27. The smallest absolute Gasteiger partial charge is 0.246 e. The van der Waals surface area contributed by atoms with Crippen LogP contribution in [0.15, 0.2) is 24.3 Å². The first kappa shape index (κ1) is 13.3. The molecular weight excluding hydrogens is 224 g/mol. The Bertz CT molecular complexity index is 336. The van der Waals surface area contributed by atoms with Gasteiger partial charge in [-0.05, 0) is 39.5 Å². The number of fused-ring (bicyclic) bond motifs is 2. The predicted molar refractivity (Wildman–Crippen MR) is 74.3 cm³/mol. The molecule has 0 aromatic carbocycles. The predicted octanol–water partition coefficient (Wildman–Crippen LogP) is 2.25. The largest absolute Gasteiger partial charge is 0.336 e. The summed E-state index contributed by atoms with van der Waals surface area (Å²) < 4.78 is 0. The number of rotatable bonds is 4. The van der Waals surface area contributed by atoms with Crippen molar-refractivity contribution in [1.82, 2.24) is 10.2 Å². The maximum atomic E-state index is 12.2. The molecule has 18 heavy (non-hydrogen) atoms. The second-order valence-electron chi connectivity index (χ2n) is 5.27. The Balaban J connectivity index is 1.97. The second kappa shape index (κ2) is 6.19. The van der Waals surface area contributed by atoms with Crippen LogP contribution in [0.25, 0.3) is 0 Å². The summed E-state index contributed by atoms with van der Waals surface area (Å²) in [6, 6.07) is 1.70. The van der Waals surface area contributed by atoms with Gasteiger partial charge in [-0.25, -0.2) is 0 Å². The molecule has 2 bridgehead atoms. The van der Waals surface area contributed by atoms with Crippen LogP contribution >= 0.6 is 0 Å². The Hall–Kier alpha value is -1.09. The first-order valence-electron chi connectivity index (χ1n) is 7.10. The van der Waals surface area contributed by atoms with Crippen molar-refractivity contribution in [3.63, 3.8) is 0 Å². The third-order valence-electron chi connectivity index (χ3n) is 4.06. The molecule has 2 aliphatic heterocycles. The summed E-state index contributed by atoms with van der Waals surface area (Å²) in [5.74, 6) is 0.155. The van der Waals surface area contributed by atoms with Crippen LogP contribution in [0.1, 0.15) is 39.5 Å². The summed E-state index contributed by atoms with van der Waals surface area (Å²) in [7, 11) is 0. The summed E-state index contributed by atoms with van der Waals surface area (Å²) in [5.41, 5.74) is 0. The van der Waals surface area contributed by atoms with Gasteiger partial charge in [0.05, 0.1) is 0 Å². The van der Waals surface area contributed by atoms with Crippen molar-refractivity contribution in [2.45, 2.75) is 57.7 Å². The van der Waals surface area contributed by atoms with Gasteiger partial charge in [0.25, 0.3) is 0 Å². The molecule has 2 aliphatic rings. The number of nitrogens with one attached hydrogen (secondary N) is 1. The highest BCUT2D eigenvalue weighted by Gasteiger charge is 2.36. The van der Waals surface area contributed by atoms with E-state index in [0.717, 1.165) is 19.4 Å². The zero-order valence-electron chi connectivity index (χ0n) is 11.4. The van der Waals surface area contributed by atoms with Crippen LogP contribution in [0.4, 0.5) is 0 Å². The van der Waals surface area contributed by atoms with E-state index in [-0.39, 0.29) is 5.91 Å².